The van der Waals surface area contributed by atoms with Crippen molar-refractivity contribution in [3.63, 3.8) is 0 Å². The average molecular weight is 521 g/mol. The van der Waals surface area contributed by atoms with Crippen LogP contribution in [-0.2, 0) is 24.3 Å². The molecule has 12 heteroatoms. The first-order chi connectivity index (χ1) is 16.4. The third-order valence-corrected chi connectivity index (χ3v) is 8.85. The number of hydrogen-bond acceptors (Lipinski definition) is 8. The third-order valence-electron chi connectivity index (χ3n) is 5.53. The topological polar surface area (TPSA) is 104 Å². The number of ether oxygens (including phenoxy) is 2. The van der Waals surface area contributed by atoms with Crippen LogP contribution >= 0.6 is 23.4 Å². The van der Waals surface area contributed by atoms with Crippen LogP contribution < -0.4 is 0 Å². The molecule has 2 saturated heterocycles. The number of morpholine rings is 1. The van der Waals surface area contributed by atoms with Crippen molar-refractivity contribution in [3.8, 4) is 17.1 Å². The van der Waals surface area contributed by atoms with E-state index < -0.39 is 10.0 Å². The predicted octanol–water partition coefficient (Wildman–Crippen LogP) is 3.02. The van der Waals surface area contributed by atoms with Crippen molar-refractivity contribution in [2.45, 2.75) is 21.7 Å². The molecular formula is C22H21ClN4O5S2. The molecule has 5 rings (SSSR count). The van der Waals surface area contributed by atoms with Crippen LogP contribution in [0.2, 0.25) is 5.02 Å². The maximum Gasteiger partial charge on any atom is 0.319 e. The largest absolute Gasteiger partial charge is 0.465 e. The van der Waals surface area contributed by atoms with E-state index in [0.717, 1.165) is 0 Å². The highest BCUT2D eigenvalue weighted by Gasteiger charge is 2.31. The Morgan fingerprint density at radius 3 is 2.56 bits per heavy atom. The van der Waals surface area contributed by atoms with Gasteiger partial charge >= 0.3 is 5.97 Å². The van der Waals surface area contributed by atoms with Crippen LogP contribution in [0, 0.1) is 0 Å². The average Bonchev–Trinajstić information content (AvgIpc) is 3.46. The van der Waals surface area contributed by atoms with E-state index in [0.29, 0.717) is 66.6 Å². The zero-order valence-electron chi connectivity index (χ0n) is 18.0. The van der Waals surface area contributed by atoms with E-state index in [1.54, 1.807) is 47.0 Å². The van der Waals surface area contributed by atoms with E-state index in [4.69, 9.17) is 21.1 Å². The Bertz CT molecular complexity index is 1320. The van der Waals surface area contributed by atoms with Gasteiger partial charge in [0, 0.05) is 30.1 Å². The lowest BCUT2D eigenvalue weighted by molar-refractivity contribution is -0.137. The fourth-order valence-electron chi connectivity index (χ4n) is 3.82. The molecule has 2 aromatic carbocycles. The normalized spacial score (nSPS) is 19.3. The number of carbonyl (C=O) groups excluding carboxylic acids is 1. The molecule has 178 valence electrons. The van der Waals surface area contributed by atoms with Gasteiger partial charge in [-0.3, -0.25) is 9.36 Å². The molecule has 0 saturated carbocycles. The van der Waals surface area contributed by atoms with Gasteiger partial charge in [-0.25, -0.2) is 8.42 Å². The van der Waals surface area contributed by atoms with Crippen molar-refractivity contribution >= 4 is 39.4 Å². The maximum absolute atomic E-state index is 13.2. The summed E-state index contributed by atoms with van der Waals surface area (Å²) >= 11 is 7.51. The van der Waals surface area contributed by atoms with Crippen LogP contribution in [0.3, 0.4) is 0 Å². The summed E-state index contributed by atoms with van der Waals surface area (Å²) in [5.74, 6) is 0.154. The molecule has 3 heterocycles. The van der Waals surface area contributed by atoms with Gasteiger partial charge in [0.1, 0.15) is 5.25 Å². The summed E-state index contributed by atoms with van der Waals surface area (Å²) in [5.41, 5.74) is 1.27. The van der Waals surface area contributed by atoms with E-state index in [1.165, 1.54) is 16.1 Å². The number of esters is 1. The molecule has 0 spiro atoms. The molecule has 0 unspecified atom stereocenters. The zero-order chi connectivity index (χ0) is 23.7. The van der Waals surface area contributed by atoms with E-state index >= 15 is 0 Å². The van der Waals surface area contributed by atoms with Gasteiger partial charge < -0.3 is 9.47 Å². The van der Waals surface area contributed by atoms with Gasteiger partial charge in [-0.1, -0.05) is 41.6 Å². The summed E-state index contributed by atoms with van der Waals surface area (Å²) in [6, 6.07) is 13.8. The number of benzene rings is 2. The summed E-state index contributed by atoms with van der Waals surface area (Å²) in [6.07, 6.45) is 0.578. The number of rotatable bonds is 6. The molecule has 2 aliphatic rings. The molecular weight excluding hydrogens is 500 g/mol. The monoisotopic (exact) mass is 520 g/mol. The second-order valence-electron chi connectivity index (χ2n) is 7.73. The summed E-state index contributed by atoms with van der Waals surface area (Å²) in [5, 5.41) is 9.32. The van der Waals surface area contributed by atoms with E-state index in [1.807, 2.05) is 6.07 Å². The molecule has 0 amide bonds. The van der Waals surface area contributed by atoms with Gasteiger partial charge in [0.05, 0.1) is 30.4 Å². The molecule has 0 N–H and O–H groups in total. The fraction of sp³-hybridized carbons (Fsp3) is 0.318. The minimum atomic E-state index is -3.69. The lowest BCUT2D eigenvalue weighted by Crippen LogP contribution is -2.40. The molecule has 0 bridgehead atoms. The fourth-order valence-corrected chi connectivity index (χ4v) is 6.48. The van der Waals surface area contributed by atoms with Gasteiger partial charge in [-0.2, -0.15) is 4.31 Å². The van der Waals surface area contributed by atoms with E-state index in [-0.39, 0.29) is 16.1 Å². The van der Waals surface area contributed by atoms with Crippen LogP contribution in [-0.4, -0.2) is 71.6 Å². The van der Waals surface area contributed by atoms with Crippen molar-refractivity contribution in [1.29, 1.82) is 0 Å². The van der Waals surface area contributed by atoms with Gasteiger partial charge in [0.2, 0.25) is 10.0 Å². The quantitative estimate of drug-likeness (QED) is 0.457. The Morgan fingerprint density at radius 2 is 1.82 bits per heavy atom. The Labute approximate surface area is 206 Å². The Balaban J connectivity index is 1.57. The minimum Gasteiger partial charge on any atom is -0.465 e. The molecule has 3 aromatic rings. The highest BCUT2D eigenvalue weighted by atomic mass is 35.5. The van der Waals surface area contributed by atoms with Gasteiger partial charge in [-0.05, 0) is 30.3 Å². The first-order valence-corrected chi connectivity index (χ1v) is 13.4. The highest BCUT2D eigenvalue weighted by molar-refractivity contribution is 8.00. The number of nitrogens with zero attached hydrogens (tertiary/aromatic N) is 4. The number of sulfonamides is 1. The Kier molecular flexibility index (Phi) is 6.63. The molecule has 0 aliphatic carbocycles. The second kappa shape index (κ2) is 9.67. The molecule has 1 atom stereocenters. The molecule has 2 aliphatic heterocycles. The number of thioether (sulfide) groups is 1. The van der Waals surface area contributed by atoms with Crippen LogP contribution in [0.25, 0.3) is 17.1 Å². The van der Waals surface area contributed by atoms with Gasteiger partial charge in [0.25, 0.3) is 0 Å². The van der Waals surface area contributed by atoms with Crippen LogP contribution in [0.15, 0.2) is 58.6 Å². The Hall–Kier alpha value is -2.44. The maximum atomic E-state index is 13.2. The molecule has 9 nitrogen and oxygen atoms in total. The van der Waals surface area contributed by atoms with Crippen molar-refractivity contribution in [1.82, 2.24) is 19.1 Å². The third kappa shape index (κ3) is 4.58. The summed E-state index contributed by atoms with van der Waals surface area (Å²) in [4.78, 5) is 12.2. The van der Waals surface area contributed by atoms with Gasteiger partial charge in [-0.15, -0.1) is 10.2 Å². The number of aromatic nitrogens is 3. The Morgan fingerprint density at radius 1 is 1.03 bits per heavy atom. The number of carbonyl (C=O) groups is 1. The minimum absolute atomic E-state index is 0.168. The first-order valence-electron chi connectivity index (χ1n) is 10.7. The van der Waals surface area contributed by atoms with Crippen LogP contribution in [0.4, 0.5) is 0 Å². The van der Waals surface area contributed by atoms with E-state index in [9.17, 15) is 13.2 Å². The molecule has 2 fully saturated rings. The predicted molar refractivity (Wildman–Crippen MR) is 127 cm³/mol. The van der Waals surface area contributed by atoms with Crippen molar-refractivity contribution in [3.05, 3.63) is 53.6 Å². The molecule has 34 heavy (non-hydrogen) atoms. The van der Waals surface area contributed by atoms with Crippen LogP contribution in [0.5, 0.6) is 0 Å². The lowest BCUT2D eigenvalue weighted by atomic mass is 10.2. The van der Waals surface area contributed by atoms with E-state index in [2.05, 4.69) is 10.2 Å². The summed E-state index contributed by atoms with van der Waals surface area (Å²) < 4.78 is 40.0. The van der Waals surface area contributed by atoms with Crippen molar-refractivity contribution in [2.75, 3.05) is 32.9 Å². The lowest BCUT2D eigenvalue weighted by Gasteiger charge is -2.26. The molecule has 1 aromatic heterocycles. The van der Waals surface area contributed by atoms with Crippen molar-refractivity contribution in [2.24, 2.45) is 0 Å². The zero-order valence-corrected chi connectivity index (χ0v) is 20.4. The summed E-state index contributed by atoms with van der Waals surface area (Å²) in [7, 11) is -3.69. The highest BCUT2D eigenvalue weighted by Crippen LogP contribution is 2.34. The molecule has 0 radical (unpaired) electrons. The first kappa shape index (κ1) is 23.3. The smallest absolute Gasteiger partial charge is 0.319 e. The number of hydrogen-bond donors (Lipinski definition) is 0. The SMILES string of the molecule is O=C1OCC[C@H]1Sc1nnc(-c2cccc(S(=O)(=O)N3CCOCC3)c2)n1-c1cccc(Cl)c1. The summed E-state index contributed by atoms with van der Waals surface area (Å²) in [6.45, 7) is 1.72. The van der Waals surface area contributed by atoms with Gasteiger partial charge in [0.15, 0.2) is 11.0 Å². The number of cyclic esters (lactones) is 1. The second-order valence-corrected chi connectivity index (χ2v) is 11.3. The van der Waals surface area contributed by atoms with Crippen molar-refractivity contribution < 1.29 is 22.7 Å². The number of halogens is 1. The van der Waals surface area contributed by atoms with Crippen LogP contribution in [0.1, 0.15) is 6.42 Å². The standard InChI is InChI=1S/C22H21ClN4O5S2/c23-16-4-2-5-17(14-16)27-20(24-25-22(27)33-19-7-10-32-21(19)28)15-3-1-6-18(13-15)34(29,30)26-8-11-31-12-9-26/h1-6,13-14,19H,7-12H2/t19-/m1/s1.